The summed E-state index contributed by atoms with van der Waals surface area (Å²) in [6, 6.07) is 5.70. The van der Waals surface area contributed by atoms with Crippen LogP contribution in [-0.4, -0.2) is 24.5 Å². The van der Waals surface area contributed by atoms with Crippen LogP contribution >= 0.6 is 0 Å². The van der Waals surface area contributed by atoms with Crippen molar-refractivity contribution in [2.45, 2.75) is 46.6 Å². The van der Waals surface area contributed by atoms with Crippen molar-refractivity contribution in [3.63, 3.8) is 0 Å². The van der Waals surface area contributed by atoms with E-state index < -0.39 is 17.9 Å². The fraction of sp³-hybridized carbons (Fsp3) is 0.556. The summed E-state index contributed by atoms with van der Waals surface area (Å²) in [7, 11) is 0. The molecule has 0 aliphatic carbocycles. The molecule has 1 N–H and O–H groups in total. The molecule has 23 heavy (non-hydrogen) atoms. The third-order valence-electron chi connectivity index (χ3n) is 3.38. The van der Waals surface area contributed by atoms with Gasteiger partial charge >= 0.3 is 0 Å². The average molecular weight is 320 g/mol. The van der Waals surface area contributed by atoms with E-state index in [-0.39, 0.29) is 5.92 Å². The first-order valence-electron chi connectivity index (χ1n) is 8.04. The van der Waals surface area contributed by atoms with Crippen LogP contribution in [0.3, 0.4) is 0 Å². The Morgan fingerprint density at radius 3 is 2.17 bits per heavy atom. The highest BCUT2D eigenvalue weighted by Gasteiger charge is 2.16. The average Bonchev–Trinajstić information content (AvgIpc) is 2.46. The number of carboxylic acid groups (broad SMARTS) is 1. The van der Waals surface area contributed by atoms with Gasteiger partial charge in [0.2, 0.25) is 0 Å². The topological polar surface area (TPSA) is 78.5 Å². The van der Waals surface area contributed by atoms with Crippen molar-refractivity contribution in [1.82, 2.24) is 5.32 Å². The molecule has 128 valence electrons. The van der Waals surface area contributed by atoms with E-state index in [0.717, 1.165) is 6.42 Å². The molecule has 1 atom stereocenters. The van der Waals surface area contributed by atoms with Gasteiger partial charge in [-0.05, 0) is 48.9 Å². The molecule has 0 fully saturated rings. The largest absolute Gasteiger partial charge is 0.548 e. The van der Waals surface area contributed by atoms with Crippen LogP contribution in [0.25, 0.3) is 0 Å². The minimum atomic E-state index is -1.26. The van der Waals surface area contributed by atoms with Gasteiger partial charge in [-0.3, -0.25) is 4.79 Å². The molecule has 1 rings (SSSR count). The van der Waals surface area contributed by atoms with Gasteiger partial charge in [-0.15, -0.1) is 0 Å². The maximum atomic E-state index is 12.1. The zero-order chi connectivity index (χ0) is 17.4. The zero-order valence-corrected chi connectivity index (χ0v) is 14.3. The minimum absolute atomic E-state index is 0.148. The lowest BCUT2D eigenvalue weighted by atomic mass is 10.0. The molecule has 1 aromatic rings. The molecule has 5 heteroatoms. The van der Waals surface area contributed by atoms with Crippen LogP contribution in [0.2, 0.25) is 0 Å². The number of benzene rings is 1. The van der Waals surface area contributed by atoms with E-state index in [4.69, 9.17) is 4.74 Å². The minimum Gasteiger partial charge on any atom is -0.548 e. The van der Waals surface area contributed by atoms with Gasteiger partial charge in [-0.25, -0.2) is 0 Å². The first-order chi connectivity index (χ1) is 10.8. The van der Waals surface area contributed by atoms with Crippen molar-refractivity contribution in [2.24, 2.45) is 11.8 Å². The molecule has 0 radical (unpaired) electrons. The molecule has 0 spiro atoms. The number of carboxylic acids is 1. The van der Waals surface area contributed by atoms with Gasteiger partial charge < -0.3 is 20.0 Å². The van der Waals surface area contributed by atoms with Gasteiger partial charge in [0.15, 0.2) is 0 Å². The molecule has 0 saturated heterocycles. The Labute approximate surface area is 138 Å². The Bertz CT molecular complexity index is 508. The number of carbonyl (C=O) groups excluding carboxylic acids is 2. The first-order valence-corrected chi connectivity index (χ1v) is 8.04. The fourth-order valence-corrected chi connectivity index (χ4v) is 2.04. The molecule has 5 nitrogen and oxygen atoms in total. The van der Waals surface area contributed by atoms with Gasteiger partial charge in [-0.2, -0.15) is 0 Å². The number of rotatable bonds is 9. The summed E-state index contributed by atoms with van der Waals surface area (Å²) in [5, 5.41) is 13.6. The third kappa shape index (κ3) is 7.17. The van der Waals surface area contributed by atoms with Crippen molar-refractivity contribution in [3.05, 3.63) is 29.8 Å². The molecule has 0 aliphatic rings. The summed E-state index contributed by atoms with van der Waals surface area (Å²) in [5.41, 5.74) is 0.399. The second-order valence-corrected chi connectivity index (χ2v) is 6.53. The maximum absolute atomic E-state index is 12.1. The van der Waals surface area contributed by atoms with Crippen molar-refractivity contribution >= 4 is 11.9 Å². The molecule has 0 heterocycles. The van der Waals surface area contributed by atoms with E-state index in [2.05, 4.69) is 19.2 Å². The molecule has 1 amide bonds. The number of hydrogen-bond acceptors (Lipinski definition) is 4. The number of nitrogens with one attached hydrogen (secondary N) is 1. The predicted molar refractivity (Wildman–Crippen MR) is 87.1 cm³/mol. The standard InChI is InChI=1S/C18H27NO4/c1-12(2)9-10-23-15-7-5-14(6-8-15)17(20)19-16(18(21)22)11-13(3)4/h5-8,12-13,16H,9-11H2,1-4H3,(H,19,20)(H,21,22)/p-1/t16-/m1/s1. The smallest absolute Gasteiger partial charge is 0.251 e. The highest BCUT2D eigenvalue weighted by molar-refractivity contribution is 5.96. The third-order valence-corrected chi connectivity index (χ3v) is 3.38. The summed E-state index contributed by atoms with van der Waals surface area (Å²) >= 11 is 0. The van der Waals surface area contributed by atoms with Crippen LogP contribution in [0.5, 0.6) is 5.75 Å². The van der Waals surface area contributed by atoms with Gasteiger partial charge in [0.25, 0.3) is 5.91 Å². The van der Waals surface area contributed by atoms with E-state index in [1.54, 1.807) is 24.3 Å². The Hall–Kier alpha value is -2.04. The normalized spacial score (nSPS) is 12.3. The summed E-state index contributed by atoms with van der Waals surface area (Å²) in [6.45, 7) is 8.67. The number of carbonyl (C=O) groups is 2. The summed E-state index contributed by atoms with van der Waals surface area (Å²) in [5.74, 6) is -0.271. The van der Waals surface area contributed by atoms with Crippen LogP contribution in [0.1, 0.15) is 50.9 Å². The zero-order valence-electron chi connectivity index (χ0n) is 14.3. The van der Waals surface area contributed by atoms with E-state index in [0.29, 0.717) is 30.3 Å². The highest BCUT2D eigenvalue weighted by Crippen LogP contribution is 2.14. The maximum Gasteiger partial charge on any atom is 0.251 e. The second kappa shape index (κ2) is 9.18. The van der Waals surface area contributed by atoms with Crippen LogP contribution in [0.15, 0.2) is 24.3 Å². The molecule has 0 aliphatic heterocycles. The van der Waals surface area contributed by atoms with E-state index >= 15 is 0 Å². The molecule has 0 saturated carbocycles. The SMILES string of the molecule is CC(C)CCOc1ccc(C(=O)N[C@H](CC(C)C)C(=O)[O-])cc1. The molecule has 0 bridgehead atoms. The Morgan fingerprint density at radius 1 is 1.09 bits per heavy atom. The van der Waals surface area contributed by atoms with Crippen molar-refractivity contribution in [2.75, 3.05) is 6.61 Å². The monoisotopic (exact) mass is 320 g/mol. The van der Waals surface area contributed by atoms with Crippen LogP contribution < -0.4 is 15.2 Å². The number of ether oxygens (including phenoxy) is 1. The summed E-state index contributed by atoms with van der Waals surface area (Å²) < 4.78 is 5.59. The van der Waals surface area contributed by atoms with Crippen LogP contribution in [-0.2, 0) is 4.79 Å². The molecule has 0 aromatic heterocycles. The quantitative estimate of drug-likeness (QED) is 0.755. The molecular weight excluding hydrogens is 294 g/mol. The number of amides is 1. The van der Waals surface area contributed by atoms with Gasteiger partial charge in [0.1, 0.15) is 5.75 Å². The second-order valence-electron chi connectivity index (χ2n) is 6.53. The Kier molecular flexibility index (Phi) is 7.59. The van der Waals surface area contributed by atoms with E-state index in [1.807, 2.05) is 13.8 Å². The van der Waals surface area contributed by atoms with Gasteiger partial charge in [0, 0.05) is 5.56 Å². The van der Waals surface area contributed by atoms with Crippen molar-refractivity contribution in [1.29, 1.82) is 0 Å². The fourth-order valence-electron chi connectivity index (χ4n) is 2.04. The summed E-state index contributed by atoms with van der Waals surface area (Å²) in [4.78, 5) is 23.2. The summed E-state index contributed by atoms with van der Waals surface area (Å²) in [6.07, 6.45) is 1.30. The predicted octanol–water partition coefficient (Wildman–Crippen LogP) is 2.01. The molecule has 0 unspecified atom stereocenters. The van der Waals surface area contributed by atoms with Crippen LogP contribution in [0, 0.1) is 11.8 Å². The number of hydrogen-bond donors (Lipinski definition) is 1. The van der Waals surface area contributed by atoms with Crippen LogP contribution in [0.4, 0.5) is 0 Å². The Morgan fingerprint density at radius 2 is 1.70 bits per heavy atom. The van der Waals surface area contributed by atoms with Crippen molar-refractivity contribution in [3.8, 4) is 5.75 Å². The van der Waals surface area contributed by atoms with E-state index in [9.17, 15) is 14.7 Å². The van der Waals surface area contributed by atoms with Gasteiger partial charge in [-0.1, -0.05) is 27.7 Å². The molecular formula is C18H26NO4-. The van der Waals surface area contributed by atoms with Crippen molar-refractivity contribution < 1.29 is 19.4 Å². The number of aliphatic carboxylic acids is 1. The lowest BCUT2D eigenvalue weighted by molar-refractivity contribution is -0.308. The van der Waals surface area contributed by atoms with E-state index in [1.165, 1.54) is 0 Å². The first kappa shape index (κ1) is 19.0. The lowest BCUT2D eigenvalue weighted by Crippen LogP contribution is -2.48. The van der Waals surface area contributed by atoms with Gasteiger partial charge in [0.05, 0.1) is 18.6 Å². The highest BCUT2D eigenvalue weighted by atomic mass is 16.5. The lowest BCUT2D eigenvalue weighted by Gasteiger charge is -2.21. The molecule has 1 aromatic carbocycles. The Balaban J connectivity index is 2.60.